The normalized spacial score (nSPS) is 19.5. The van der Waals surface area contributed by atoms with Gasteiger partial charge in [-0.3, -0.25) is 4.79 Å². The first-order valence-corrected chi connectivity index (χ1v) is 2.43. The van der Waals surface area contributed by atoms with Gasteiger partial charge in [0.1, 0.15) is 0 Å². The van der Waals surface area contributed by atoms with Crippen LogP contribution in [0.5, 0.6) is 0 Å². The zero-order chi connectivity index (χ0) is 5.98. The maximum atomic E-state index is 10.5. The summed E-state index contributed by atoms with van der Waals surface area (Å²) in [5.41, 5.74) is 0. The van der Waals surface area contributed by atoms with Crippen LogP contribution in [0.1, 0.15) is 0 Å². The summed E-state index contributed by atoms with van der Waals surface area (Å²) in [6, 6.07) is 0. The Morgan fingerprint density at radius 1 is 1.75 bits per heavy atom. The molecule has 0 N–H and O–H groups in total. The molecule has 1 heterocycles. The standard InChI is InChI=1S/C5H7NO2/c1-6-5(7)4-2-8-3-4/h4H,1-3H2. The Kier molecular flexibility index (Phi) is 1.39. The highest BCUT2D eigenvalue weighted by molar-refractivity contribution is 5.83. The van der Waals surface area contributed by atoms with Gasteiger partial charge in [-0.1, -0.05) is 0 Å². The number of rotatable bonds is 1. The monoisotopic (exact) mass is 113 g/mol. The summed E-state index contributed by atoms with van der Waals surface area (Å²) in [6.07, 6.45) is 0. The first-order valence-electron chi connectivity index (χ1n) is 2.43. The Morgan fingerprint density at radius 2 is 2.38 bits per heavy atom. The van der Waals surface area contributed by atoms with Crippen molar-refractivity contribution in [3.63, 3.8) is 0 Å². The molecule has 0 aromatic carbocycles. The zero-order valence-electron chi connectivity index (χ0n) is 4.46. The summed E-state index contributed by atoms with van der Waals surface area (Å²) < 4.78 is 4.75. The maximum absolute atomic E-state index is 10.5. The summed E-state index contributed by atoms with van der Waals surface area (Å²) in [6.45, 7) is 4.16. The SMILES string of the molecule is C=NC(=O)C1COC1. The highest BCUT2D eigenvalue weighted by Crippen LogP contribution is 2.10. The Labute approximate surface area is 47.4 Å². The molecule has 3 heteroatoms. The molecule has 0 aromatic heterocycles. The molecule has 1 amide bonds. The van der Waals surface area contributed by atoms with E-state index in [0.29, 0.717) is 13.2 Å². The van der Waals surface area contributed by atoms with Gasteiger partial charge in [0.15, 0.2) is 0 Å². The molecular formula is C5H7NO2. The lowest BCUT2D eigenvalue weighted by Gasteiger charge is -2.21. The largest absolute Gasteiger partial charge is 0.380 e. The van der Waals surface area contributed by atoms with E-state index in [4.69, 9.17) is 4.74 Å². The highest BCUT2D eigenvalue weighted by Gasteiger charge is 2.24. The van der Waals surface area contributed by atoms with E-state index in [2.05, 4.69) is 11.7 Å². The third kappa shape index (κ3) is 0.767. The van der Waals surface area contributed by atoms with Gasteiger partial charge in [-0.25, -0.2) is 4.99 Å². The molecule has 1 saturated heterocycles. The molecule has 44 valence electrons. The van der Waals surface area contributed by atoms with Crippen molar-refractivity contribution in [3.8, 4) is 0 Å². The molecule has 0 aliphatic carbocycles. The van der Waals surface area contributed by atoms with Gasteiger partial charge in [0.25, 0.3) is 5.91 Å². The predicted octanol–water partition coefficient (Wildman–Crippen LogP) is -0.140. The van der Waals surface area contributed by atoms with Crippen molar-refractivity contribution in [3.05, 3.63) is 0 Å². The van der Waals surface area contributed by atoms with Crippen molar-refractivity contribution in [2.45, 2.75) is 0 Å². The number of hydrogen-bond acceptors (Lipinski definition) is 2. The van der Waals surface area contributed by atoms with Crippen LogP contribution in [0.2, 0.25) is 0 Å². The van der Waals surface area contributed by atoms with Crippen molar-refractivity contribution in [2.75, 3.05) is 13.2 Å². The van der Waals surface area contributed by atoms with Gasteiger partial charge >= 0.3 is 0 Å². The third-order valence-electron chi connectivity index (χ3n) is 1.14. The van der Waals surface area contributed by atoms with Crippen molar-refractivity contribution < 1.29 is 9.53 Å². The highest BCUT2D eigenvalue weighted by atomic mass is 16.5. The Morgan fingerprint density at radius 3 is 2.50 bits per heavy atom. The van der Waals surface area contributed by atoms with Gasteiger partial charge in [0.2, 0.25) is 0 Å². The minimum absolute atomic E-state index is 0.00694. The second kappa shape index (κ2) is 2.05. The molecular weight excluding hydrogens is 106 g/mol. The number of aliphatic imine (C=N–C) groups is 1. The first-order chi connectivity index (χ1) is 3.84. The van der Waals surface area contributed by atoms with Gasteiger partial charge < -0.3 is 4.74 Å². The molecule has 0 radical (unpaired) electrons. The summed E-state index contributed by atoms with van der Waals surface area (Å²) in [5, 5.41) is 0. The molecule has 1 rings (SSSR count). The minimum atomic E-state index is -0.142. The van der Waals surface area contributed by atoms with E-state index < -0.39 is 0 Å². The fourth-order valence-corrected chi connectivity index (χ4v) is 0.507. The quantitative estimate of drug-likeness (QED) is 0.444. The molecule has 0 atom stereocenters. The van der Waals surface area contributed by atoms with Crippen LogP contribution in [0.15, 0.2) is 4.99 Å². The lowest BCUT2D eigenvalue weighted by atomic mass is 10.1. The summed E-state index contributed by atoms with van der Waals surface area (Å²) in [7, 11) is 0. The second-order valence-corrected chi connectivity index (χ2v) is 1.73. The number of carbonyl (C=O) groups is 1. The predicted molar refractivity (Wildman–Crippen MR) is 28.9 cm³/mol. The molecule has 0 bridgehead atoms. The molecule has 1 fully saturated rings. The number of carbonyl (C=O) groups excluding carboxylic acids is 1. The lowest BCUT2D eigenvalue weighted by molar-refractivity contribution is -0.135. The van der Waals surface area contributed by atoms with Gasteiger partial charge in [0, 0.05) is 0 Å². The number of amides is 1. The van der Waals surface area contributed by atoms with Crippen LogP contribution in [0, 0.1) is 5.92 Å². The van der Waals surface area contributed by atoms with Crippen LogP contribution in [-0.2, 0) is 9.53 Å². The van der Waals surface area contributed by atoms with E-state index in [0.717, 1.165) is 0 Å². The first kappa shape index (κ1) is 5.44. The number of nitrogens with zero attached hydrogens (tertiary/aromatic N) is 1. The van der Waals surface area contributed by atoms with Crippen LogP contribution in [0.25, 0.3) is 0 Å². The van der Waals surface area contributed by atoms with E-state index >= 15 is 0 Å². The van der Waals surface area contributed by atoms with E-state index in [1.165, 1.54) is 0 Å². The molecule has 3 nitrogen and oxygen atoms in total. The van der Waals surface area contributed by atoms with Crippen molar-refractivity contribution in [2.24, 2.45) is 10.9 Å². The van der Waals surface area contributed by atoms with E-state index in [-0.39, 0.29) is 11.8 Å². The topological polar surface area (TPSA) is 38.7 Å². The summed E-state index contributed by atoms with van der Waals surface area (Å²) in [5.74, 6) is -0.135. The van der Waals surface area contributed by atoms with Crippen LogP contribution < -0.4 is 0 Å². The molecule has 0 unspecified atom stereocenters. The van der Waals surface area contributed by atoms with E-state index in [1.807, 2.05) is 0 Å². The van der Waals surface area contributed by atoms with Gasteiger partial charge in [-0.2, -0.15) is 0 Å². The molecule has 1 aliphatic rings. The Hall–Kier alpha value is -0.700. The smallest absolute Gasteiger partial charge is 0.252 e. The maximum Gasteiger partial charge on any atom is 0.252 e. The molecule has 8 heavy (non-hydrogen) atoms. The fraction of sp³-hybridized carbons (Fsp3) is 0.600. The number of hydrogen-bond donors (Lipinski definition) is 0. The van der Waals surface area contributed by atoms with Crippen LogP contribution >= 0.6 is 0 Å². The van der Waals surface area contributed by atoms with Crippen LogP contribution in [-0.4, -0.2) is 25.8 Å². The summed E-state index contributed by atoms with van der Waals surface area (Å²) in [4.78, 5) is 13.7. The van der Waals surface area contributed by atoms with E-state index in [1.54, 1.807) is 0 Å². The fourth-order valence-electron chi connectivity index (χ4n) is 0.507. The minimum Gasteiger partial charge on any atom is -0.380 e. The average molecular weight is 113 g/mol. The van der Waals surface area contributed by atoms with E-state index in [9.17, 15) is 4.79 Å². The van der Waals surface area contributed by atoms with Crippen LogP contribution in [0.3, 0.4) is 0 Å². The van der Waals surface area contributed by atoms with Gasteiger partial charge in [0.05, 0.1) is 19.1 Å². The molecule has 0 aromatic rings. The van der Waals surface area contributed by atoms with Crippen molar-refractivity contribution in [1.29, 1.82) is 0 Å². The Bertz CT molecular complexity index is 118. The van der Waals surface area contributed by atoms with Crippen molar-refractivity contribution >= 4 is 12.6 Å². The summed E-state index contributed by atoms with van der Waals surface area (Å²) >= 11 is 0. The number of ether oxygens (including phenoxy) is 1. The molecule has 0 saturated carbocycles. The van der Waals surface area contributed by atoms with Crippen LogP contribution in [0.4, 0.5) is 0 Å². The van der Waals surface area contributed by atoms with Gasteiger partial charge in [-0.05, 0) is 6.72 Å². The van der Waals surface area contributed by atoms with Gasteiger partial charge in [-0.15, -0.1) is 0 Å². The molecule has 1 aliphatic heterocycles. The second-order valence-electron chi connectivity index (χ2n) is 1.73. The Balaban J connectivity index is 2.34. The third-order valence-corrected chi connectivity index (χ3v) is 1.14. The molecule has 0 spiro atoms. The zero-order valence-corrected chi connectivity index (χ0v) is 4.46. The van der Waals surface area contributed by atoms with Crippen molar-refractivity contribution in [1.82, 2.24) is 0 Å². The average Bonchev–Trinajstić information content (AvgIpc) is 1.62. The lowest BCUT2D eigenvalue weighted by Crippen LogP contribution is -2.33.